The molecule has 0 amide bonds. The van der Waals surface area contributed by atoms with Gasteiger partial charge in [-0.2, -0.15) is 0 Å². The zero-order valence-corrected chi connectivity index (χ0v) is 12.3. The second-order valence-corrected chi connectivity index (χ2v) is 6.41. The number of carboxylic acids is 1. The number of aromatic nitrogens is 1. The van der Waals surface area contributed by atoms with Crippen molar-refractivity contribution in [3.05, 3.63) is 46.7 Å². The molecule has 1 N–H and O–H groups in total. The van der Waals surface area contributed by atoms with Crippen molar-refractivity contribution in [3.8, 4) is 0 Å². The Labute approximate surface area is 123 Å². The van der Waals surface area contributed by atoms with Crippen molar-refractivity contribution in [1.82, 2.24) is 4.98 Å². The number of aromatic carboxylic acids is 1. The summed E-state index contributed by atoms with van der Waals surface area (Å²) < 4.78 is 6.28. The summed E-state index contributed by atoms with van der Waals surface area (Å²) in [6.07, 6.45) is 0. The summed E-state index contributed by atoms with van der Waals surface area (Å²) in [5.74, 6) is -0.271. The van der Waals surface area contributed by atoms with Gasteiger partial charge in [-0.05, 0) is 30.7 Å². The number of aryl methyl sites for hydroxylation is 1. The van der Waals surface area contributed by atoms with E-state index in [1.165, 1.54) is 0 Å². The minimum Gasteiger partial charge on any atom is -0.475 e. The highest BCUT2D eigenvalue weighted by molar-refractivity contribution is 8.00. The van der Waals surface area contributed by atoms with E-state index >= 15 is 0 Å². The molecule has 102 valence electrons. The van der Waals surface area contributed by atoms with Crippen molar-refractivity contribution < 1.29 is 14.3 Å². The minimum absolute atomic E-state index is 0.0275. The monoisotopic (exact) mass is 305 g/mol. The van der Waals surface area contributed by atoms with Crippen molar-refractivity contribution >= 4 is 40.0 Å². The highest BCUT2D eigenvalue weighted by Crippen LogP contribution is 2.28. The van der Waals surface area contributed by atoms with Crippen LogP contribution in [0.15, 0.2) is 38.4 Å². The van der Waals surface area contributed by atoms with Crippen LogP contribution in [0.1, 0.15) is 21.8 Å². The summed E-state index contributed by atoms with van der Waals surface area (Å²) >= 11 is 3.31. The number of hydrogen-bond acceptors (Lipinski definition) is 5. The molecule has 0 atom stereocenters. The number of hydrogen-bond donors (Lipinski definition) is 1. The molecular formula is C14H11NO3S2. The molecule has 2 heterocycles. The van der Waals surface area contributed by atoms with Gasteiger partial charge in [-0.25, -0.2) is 9.78 Å². The first-order valence-electron chi connectivity index (χ1n) is 5.92. The standard InChI is InChI=1S/C14H11NO3S2/c1-8-6-19-14(15-8)20-7-9-2-3-11-10(4-9)5-12(18-11)13(16)17/h2-6H,7H2,1H3,(H,16,17). The Kier molecular flexibility index (Phi) is 3.50. The van der Waals surface area contributed by atoms with Crippen LogP contribution in [0.5, 0.6) is 0 Å². The Morgan fingerprint density at radius 1 is 1.45 bits per heavy atom. The lowest BCUT2D eigenvalue weighted by Gasteiger charge is -1.98. The predicted molar refractivity (Wildman–Crippen MR) is 79.6 cm³/mol. The van der Waals surface area contributed by atoms with Crippen LogP contribution in [0.3, 0.4) is 0 Å². The van der Waals surface area contributed by atoms with E-state index in [1.807, 2.05) is 30.5 Å². The van der Waals surface area contributed by atoms with E-state index in [9.17, 15) is 4.79 Å². The van der Waals surface area contributed by atoms with Gasteiger partial charge in [-0.1, -0.05) is 17.8 Å². The zero-order chi connectivity index (χ0) is 14.1. The van der Waals surface area contributed by atoms with Gasteiger partial charge in [-0.3, -0.25) is 0 Å². The van der Waals surface area contributed by atoms with E-state index in [1.54, 1.807) is 29.2 Å². The second kappa shape index (κ2) is 5.30. The lowest BCUT2D eigenvalue weighted by molar-refractivity contribution is 0.0665. The number of carboxylic acid groups (broad SMARTS) is 1. The molecule has 2 aromatic heterocycles. The Hall–Kier alpha value is -1.79. The number of thiazole rings is 1. The van der Waals surface area contributed by atoms with E-state index in [4.69, 9.17) is 9.52 Å². The van der Waals surface area contributed by atoms with E-state index in [0.29, 0.717) is 5.58 Å². The van der Waals surface area contributed by atoms with Gasteiger partial charge in [0.25, 0.3) is 0 Å². The van der Waals surface area contributed by atoms with Crippen LogP contribution in [-0.4, -0.2) is 16.1 Å². The third-order valence-electron chi connectivity index (χ3n) is 2.75. The molecule has 1 aromatic carbocycles. The Balaban J connectivity index is 1.80. The number of carbonyl (C=O) groups is 1. The molecule has 0 fully saturated rings. The van der Waals surface area contributed by atoms with Gasteiger partial charge in [0.15, 0.2) is 0 Å². The molecule has 3 rings (SSSR count). The maximum absolute atomic E-state index is 10.9. The molecular weight excluding hydrogens is 294 g/mol. The highest BCUT2D eigenvalue weighted by Gasteiger charge is 2.10. The topological polar surface area (TPSA) is 63.3 Å². The summed E-state index contributed by atoms with van der Waals surface area (Å²) in [6.45, 7) is 1.98. The van der Waals surface area contributed by atoms with Gasteiger partial charge in [0.1, 0.15) is 9.92 Å². The molecule has 0 aliphatic rings. The number of nitrogens with zero attached hydrogens (tertiary/aromatic N) is 1. The van der Waals surface area contributed by atoms with Gasteiger partial charge in [0.05, 0.1) is 0 Å². The smallest absolute Gasteiger partial charge is 0.371 e. The van der Waals surface area contributed by atoms with E-state index in [0.717, 1.165) is 26.7 Å². The average Bonchev–Trinajstić information content (AvgIpc) is 3.01. The van der Waals surface area contributed by atoms with Crippen LogP contribution >= 0.6 is 23.1 Å². The van der Waals surface area contributed by atoms with Gasteiger partial charge in [0, 0.05) is 22.2 Å². The Bertz CT molecular complexity index is 776. The molecule has 0 radical (unpaired) electrons. The average molecular weight is 305 g/mol. The van der Waals surface area contributed by atoms with Crippen LogP contribution in [0, 0.1) is 6.92 Å². The van der Waals surface area contributed by atoms with E-state index < -0.39 is 5.97 Å². The van der Waals surface area contributed by atoms with Crippen LogP contribution in [-0.2, 0) is 5.75 Å². The van der Waals surface area contributed by atoms with Crippen molar-refractivity contribution in [3.63, 3.8) is 0 Å². The lowest BCUT2D eigenvalue weighted by Crippen LogP contribution is -1.91. The van der Waals surface area contributed by atoms with Crippen LogP contribution in [0.25, 0.3) is 11.0 Å². The molecule has 3 aromatic rings. The van der Waals surface area contributed by atoms with Gasteiger partial charge < -0.3 is 9.52 Å². The fourth-order valence-corrected chi connectivity index (χ4v) is 3.62. The molecule has 0 unspecified atom stereocenters. The van der Waals surface area contributed by atoms with Gasteiger partial charge in [-0.15, -0.1) is 11.3 Å². The number of rotatable bonds is 4. The van der Waals surface area contributed by atoms with Crippen molar-refractivity contribution in [2.45, 2.75) is 17.0 Å². The molecule has 4 nitrogen and oxygen atoms in total. The number of fused-ring (bicyclic) bond motifs is 1. The fraction of sp³-hybridized carbons (Fsp3) is 0.143. The molecule has 0 bridgehead atoms. The molecule has 0 spiro atoms. The third kappa shape index (κ3) is 2.71. The van der Waals surface area contributed by atoms with Crippen molar-refractivity contribution in [2.75, 3.05) is 0 Å². The SMILES string of the molecule is Cc1csc(SCc2ccc3oc(C(=O)O)cc3c2)n1. The first kappa shape index (κ1) is 13.2. The minimum atomic E-state index is -1.05. The summed E-state index contributed by atoms with van der Waals surface area (Å²) in [5, 5.41) is 11.7. The normalized spacial score (nSPS) is 11.1. The first-order chi connectivity index (χ1) is 9.61. The molecule has 20 heavy (non-hydrogen) atoms. The quantitative estimate of drug-likeness (QED) is 0.732. The largest absolute Gasteiger partial charge is 0.475 e. The summed E-state index contributed by atoms with van der Waals surface area (Å²) in [6, 6.07) is 7.27. The van der Waals surface area contributed by atoms with Crippen LogP contribution in [0.2, 0.25) is 0 Å². The molecule has 0 aliphatic heterocycles. The Morgan fingerprint density at radius 3 is 3.00 bits per heavy atom. The Morgan fingerprint density at radius 2 is 2.30 bits per heavy atom. The molecule has 0 aliphatic carbocycles. The predicted octanol–water partition coefficient (Wildman–Crippen LogP) is 4.19. The molecule has 0 saturated carbocycles. The van der Waals surface area contributed by atoms with Crippen LogP contribution < -0.4 is 0 Å². The third-order valence-corrected chi connectivity index (χ3v) is 4.96. The molecule has 0 saturated heterocycles. The lowest BCUT2D eigenvalue weighted by atomic mass is 10.2. The number of thioether (sulfide) groups is 1. The van der Waals surface area contributed by atoms with E-state index in [-0.39, 0.29) is 5.76 Å². The van der Waals surface area contributed by atoms with Crippen LogP contribution in [0.4, 0.5) is 0 Å². The van der Waals surface area contributed by atoms with Gasteiger partial charge in [0.2, 0.25) is 5.76 Å². The molecule has 6 heteroatoms. The zero-order valence-electron chi connectivity index (χ0n) is 10.6. The summed E-state index contributed by atoms with van der Waals surface area (Å²) in [4.78, 5) is 15.3. The van der Waals surface area contributed by atoms with E-state index in [2.05, 4.69) is 4.98 Å². The van der Waals surface area contributed by atoms with Gasteiger partial charge >= 0.3 is 5.97 Å². The maximum Gasteiger partial charge on any atom is 0.371 e. The number of furan rings is 1. The summed E-state index contributed by atoms with van der Waals surface area (Å²) in [7, 11) is 0. The van der Waals surface area contributed by atoms with Crippen molar-refractivity contribution in [2.24, 2.45) is 0 Å². The first-order valence-corrected chi connectivity index (χ1v) is 7.79. The van der Waals surface area contributed by atoms with Crippen molar-refractivity contribution in [1.29, 1.82) is 0 Å². The highest BCUT2D eigenvalue weighted by atomic mass is 32.2. The summed E-state index contributed by atoms with van der Waals surface area (Å²) in [5.41, 5.74) is 2.75. The fourth-order valence-electron chi connectivity index (χ4n) is 1.83. The number of benzene rings is 1. The maximum atomic E-state index is 10.9. The second-order valence-electron chi connectivity index (χ2n) is 4.33.